The fourth-order valence-electron chi connectivity index (χ4n) is 1.80. The maximum absolute atomic E-state index is 11.8. The molecule has 0 heterocycles. The summed E-state index contributed by atoms with van der Waals surface area (Å²) in [4.78, 5) is 23.7. The first kappa shape index (κ1) is 19.3. The maximum atomic E-state index is 11.8. The molecule has 0 unspecified atom stereocenters. The fourth-order valence-corrected chi connectivity index (χ4v) is 3.28. The summed E-state index contributed by atoms with van der Waals surface area (Å²) >= 11 is 11.7. The van der Waals surface area contributed by atoms with Crippen LogP contribution in [0.5, 0.6) is 0 Å². The van der Waals surface area contributed by atoms with Crippen LogP contribution in [0.2, 0.25) is 0 Å². The average molecular weight is 483 g/mol. The number of hydrogen-bond acceptors (Lipinski definition) is 3. The van der Waals surface area contributed by atoms with Crippen molar-refractivity contribution in [1.82, 2.24) is 16.2 Å². The molecule has 0 aliphatic heterocycles. The molecule has 0 bridgehead atoms. The third kappa shape index (κ3) is 6.77. The number of carbonyl (C=O) groups excluding carboxylic acids is 2. The molecule has 128 valence electrons. The number of nitrogens with one attached hydrogen (secondary N) is 3. The van der Waals surface area contributed by atoms with E-state index in [0.717, 1.165) is 14.5 Å². The first-order chi connectivity index (χ1) is 11.9. The Morgan fingerprint density at radius 2 is 1.60 bits per heavy atom. The molecule has 0 fully saturated rings. The Morgan fingerprint density at radius 1 is 0.960 bits per heavy atom. The predicted octanol–water partition coefficient (Wildman–Crippen LogP) is 3.56. The second-order valence-corrected chi connectivity index (χ2v) is 7.04. The first-order valence-corrected chi connectivity index (χ1v) is 9.04. The number of hydrogen-bond donors (Lipinski definition) is 3. The van der Waals surface area contributed by atoms with E-state index in [4.69, 9.17) is 12.2 Å². The van der Waals surface area contributed by atoms with Gasteiger partial charge in [-0.15, -0.1) is 0 Å². The Balaban J connectivity index is 1.82. The van der Waals surface area contributed by atoms with E-state index in [1.165, 1.54) is 6.08 Å². The van der Waals surface area contributed by atoms with Gasteiger partial charge in [-0.1, -0.05) is 50.1 Å². The minimum atomic E-state index is -0.414. The molecule has 0 saturated heterocycles. The highest BCUT2D eigenvalue weighted by Gasteiger charge is 2.05. The summed E-state index contributed by atoms with van der Waals surface area (Å²) in [6.45, 7) is 0. The Labute approximate surface area is 167 Å². The molecule has 2 rings (SSSR count). The molecule has 3 N–H and O–H groups in total. The van der Waals surface area contributed by atoms with Crippen molar-refractivity contribution in [1.29, 1.82) is 0 Å². The number of thiocarbonyl (C=S) groups is 1. The molecule has 8 heteroatoms. The Kier molecular flexibility index (Phi) is 7.30. The molecule has 0 saturated carbocycles. The van der Waals surface area contributed by atoms with Gasteiger partial charge in [-0.2, -0.15) is 0 Å². The van der Waals surface area contributed by atoms with Gasteiger partial charge in [-0.25, -0.2) is 0 Å². The van der Waals surface area contributed by atoms with Gasteiger partial charge in [0, 0.05) is 20.6 Å². The molecule has 2 aromatic carbocycles. The van der Waals surface area contributed by atoms with E-state index in [2.05, 4.69) is 48.0 Å². The summed E-state index contributed by atoms with van der Waals surface area (Å²) in [5, 5.41) is 2.44. The minimum absolute atomic E-state index is 0.00523. The van der Waals surface area contributed by atoms with Crippen molar-refractivity contribution in [2.45, 2.75) is 0 Å². The second-order valence-electron chi connectivity index (χ2n) is 4.80. The Bertz CT molecular complexity index is 806. The molecule has 0 aromatic heterocycles. The summed E-state index contributed by atoms with van der Waals surface area (Å²) in [6.07, 6.45) is 3.00. The van der Waals surface area contributed by atoms with Crippen molar-refractivity contribution in [2.24, 2.45) is 0 Å². The smallest absolute Gasteiger partial charge is 0.269 e. The topological polar surface area (TPSA) is 70.2 Å². The number of rotatable bonds is 3. The highest BCUT2D eigenvalue weighted by Crippen LogP contribution is 2.20. The van der Waals surface area contributed by atoms with E-state index in [1.807, 2.05) is 24.3 Å². The molecular formula is C17H13Br2N3O2S. The number of carbonyl (C=O) groups is 2. The van der Waals surface area contributed by atoms with Crippen LogP contribution in [0.4, 0.5) is 0 Å². The maximum Gasteiger partial charge on any atom is 0.269 e. The summed E-state index contributed by atoms with van der Waals surface area (Å²) in [5.74, 6) is -0.769. The van der Waals surface area contributed by atoms with E-state index in [0.29, 0.717) is 5.56 Å². The molecule has 0 aliphatic rings. The number of halogens is 2. The highest BCUT2D eigenvalue weighted by molar-refractivity contribution is 9.11. The van der Waals surface area contributed by atoms with Crippen LogP contribution in [-0.2, 0) is 4.79 Å². The molecule has 2 amide bonds. The summed E-state index contributed by atoms with van der Waals surface area (Å²) < 4.78 is 1.78. The summed E-state index contributed by atoms with van der Waals surface area (Å²) in [5.41, 5.74) is 6.21. The van der Waals surface area contributed by atoms with Crippen LogP contribution in [-0.4, -0.2) is 16.9 Å². The SMILES string of the molecule is O=C(C=Cc1cc(Br)cc(Br)c1)NC(=S)NNC(=O)c1ccccc1. The normalized spacial score (nSPS) is 10.3. The van der Waals surface area contributed by atoms with Crippen molar-refractivity contribution in [2.75, 3.05) is 0 Å². The first-order valence-electron chi connectivity index (χ1n) is 7.04. The lowest BCUT2D eigenvalue weighted by molar-refractivity contribution is -0.115. The van der Waals surface area contributed by atoms with Gasteiger partial charge in [0.1, 0.15) is 0 Å². The van der Waals surface area contributed by atoms with Gasteiger partial charge in [0.2, 0.25) is 5.91 Å². The van der Waals surface area contributed by atoms with Gasteiger partial charge in [0.25, 0.3) is 5.91 Å². The average Bonchev–Trinajstić information content (AvgIpc) is 2.58. The third-order valence-corrected chi connectivity index (χ3v) is 3.99. The van der Waals surface area contributed by atoms with Gasteiger partial charge in [-0.3, -0.25) is 25.8 Å². The van der Waals surface area contributed by atoms with Crippen molar-refractivity contribution < 1.29 is 9.59 Å². The van der Waals surface area contributed by atoms with E-state index >= 15 is 0 Å². The van der Waals surface area contributed by atoms with Crippen molar-refractivity contribution >= 4 is 67.1 Å². The van der Waals surface area contributed by atoms with Crippen LogP contribution in [0.15, 0.2) is 63.6 Å². The van der Waals surface area contributed by atoms with Crippen molar-refractivity contribution in [3.8, 4) is 0 Å². The predicted molar refractivity (Wildman–Crippen MR) is 109 cm³/mol. The molecule has 25 heavy (non-hydrogen) atoms. The lowest BCUT2D eigenvalue weighted by Crippen LogP contribution is -2.48. The number of hydrazine groups is 1. The second kappa shape index (κ2) is 9.45. The van der Waals surface area contributed by atoms with Gasteiger partial charge < -0.3 is 0 Å². The van der Waals surface area contributed by atoms with Gasteiger partial charge in [-0.05, 0) is 54.2 Å². The fraction of sp³-hybridized carbons (Fsp3) is 0. The molecule has 2 aromatic rings. The lowest BCUT2D eigenvalue weighted by atomic mass is 10.2. The van der Waals surface area contributed by atoms with Gasteiger partial charge in [0.05, 0.1) is 0 Å². The zero-order valence-corrected chi connectivity index (χ0v) is 16.7. The highest BCUT2D eigenvalue weighted by atomic mass is 79.9. The monoisotopic (exact) mass is 481 g/mol. The quantitative estimate of drug-likeness (QED) is 0.355. The van der Waals surface area contributed by atoms with Crippen LogP contribution in [0.1, 0.15) is 15.9 Å². The van der Waals surface area contributed by atoms with Crippen LogP contribution >= 0.6 is 44.1 Å². The van der Waals surface area contributed by atoms with Crippen LogP contribution in [0, 0.1) is 0 Å². The molecule has 5 nitrogen and oxygen atoms in total. The summed E-state index contributed by atoms with van der Waals surface area (Å²) in [6, 6.07) is 14.3. The lowest BCUT2D eigenvalue weighted by Gasteiger charge is -2.09. The molecule has 0 atom stereocenters. The van der Waals surface area contributed by atoms with Crippen LogP contribution < -0.4 is 16.2 Å². The van der Waals surface area contributed by atoms with Gasteiger partial charge >= 0.3 is 0 Å². The zero-order valence-electron chi connectivity index (χ0n) is 12.8. The van der Waals surface area contributed by atoms with E-state index in [1.54, 1.807) is 30.3 Å². The van der Waals surface area contributed by atoms with Crippen LogP contribution in [0.25, 0.3) is 6.08 Å². The summed E-state index contributed by atoms with van der Waals surface area (Å²) in [7, 11) is 0. The minimum Gasteiger partial charge on any atom is -0.298 e. The van der Waals surface area contributed by atoms with Crippen LogP contribution in [0.3, 0.4) is 0 Å². The third-order valence-electron chi connectivity index (χ3n) is 2.87. The Hall–Kier alpha value is -2.03. The molecular weight excluding hydrogens is 470 g/mol. The van der Waals surface area contributed by atoms with E-state index < -0.39 is 5.91 Å². The van der Waals surface area contributed by atoms with Gasteiger partial charge in [0.15, 0.2) is 5.11 Å². The van der Waals surface area contributed by atoms with Crippen molar-refractivity contribution in [3.05, 3.63) is 74.7 Å². The molecule has 0 radical (unpaired) electrons. The molecule has 0 spiro atoms. The number of amides is 2. The number of benzene rings is 2. The zero-order chi connectivity index (χ0) is 18.2. The van der Waals surface area contributed by atoms with Crippen molar-refractivity contribution in [3.63, 3.8) is 0 Å². The molecule has 0 aliphatic carbocycles. The largest absolute Gasteiger partial charge is 0.298 e. The van der Waals surface area contributed by atoms with E-state index in [9.17, 15) is 9.59 Å². The van der Waals surface area contributed by atoms with E-state index in [-0.39, 0.29) is 11.0 Å². The Morgan fingerprint density at radius 3 is 2.24 bits per heavy atom. The standard InChI is InChI=1S/C17H13Br2N3O2S/c18-13-8-11(9-14(19)10-13)6-7-15(23)20-17(25)22-21-16(24)12-4-2-1-3-5-12/h1-10H,(H,21,24)(H2,20,22,23,25).